The third-order valence-corrected chi connectivity index (χ3v) is 5.26. The lowest BCUT2D eigenvalue weighted by Gasteiger charge is -2.13. The van der Waals surface area contributed by atoms with E-state index < -0.39 is 0 Å². The van der Waals surface area contributed by atoms with E-state index in [-0.39, 0.29) is 5.78 Å². The Bertz CT molecular complexity index is 513. The van der Waals surface area contributed by atoms with E-state index in [4.69, 9.17) is 11.8 Å². The van der Waals surface area contributed by atoms with Crippen molar-refractivity contribution in [3.05, 3.63) is 34.9 Å². The quantitative estimate of drug-likeness (QED) is 0.179. The summed E-state index contributed by atoms with van der Waals surface area (Å²) in [6.07, 6.45) is 15.1. The molecule has 148 valence electrons. The van der Waals surface area contributed by atoms with Gasteiger partial charge in [0.25, 0.3) is 0 Å². The minimum absolute atomic E-state index is 0.275. The molecule has 0 saturated carbocycles. The van der Waals surface area contributed by atoms with Crippen LogP contribution in [0.25, 0.3) is 0 Å². The fourth-order valence-corrected chi connectivity index (χ4v) is 3.60. The number of Topliss-reactive ketones (excluding diaryl/α,β-unsaturated/α-hetero) is 1. The molecule has 0 aliphatic carbocycles. The molecule has 0 aliphatic rings. The van der Waals surface area contributed by atoms with E-state index >= 15 is 0 Å². The molecule has 0 saturated heterocycles. The zero-order valence-electron chi connectivity index (χ0n) is 17.2. The highest BCUT2D eigenvalue weighted by Crippen LogP contribution is 2.19. The van der Waals surface area contributed by atoms with E-state index in [1.54, 1.807) is 4.42 Å². The SMILES string of the molecule is CCCCCCCCCCCCCC(=O)c1cccc(CN(C)Cl)c1C. The summed E-state index contributed by atoms with van der Waals surface area (Å²) in [5.41, 5.74) is 3.08. The first-order valence-corrected chi connectivity index (χ1v) is 10.9. The number of carbonyl (C=O) groups excluding carboxylic acids is 1. The number of hydrogen-bond acceptors (Lipinski definition) is 2. The molecule has 0 aliphatic heterocycles. The minimum Gasteiger partial charge on any atom is -0.294 e. The summed E-state index contributed by atoms with van der Waals surface area (Å²) in [5.74, 6) is 0.275. The average Bonchev–Trinajstić information content (AvgIpc) is 2.61. The first-order chi connectivity index (χ1) is 12.6. The van der Waals surface area contributed by atoms with Gasteiger partial charge < -0.3 is 0 Å². The zero-order valence-corrected chi connectivity index (χ0v) is 17.9. The molecule has 2 nitrogen and oxygen atoms in total. The van der Waals surface area contributed by atoms with Crippen molar-refractivity contribution in [3.63, 3.8) is 0 Å². The Morgan fingerprint density at radius 3 is 2.00 bits per heavy atom. The van der Waals surface area contributed by atoms with Crippen LogP contribution in [0.4, 0.5) is 0 Å². The lowest BCUT2D eigenvalue weighted by Crippen LogP contribution is -2.09. The van der Waals surface area contributed by atoms with Crippen LogP contribution in [0, 0.1) is 6.92 Å². The Morgan fingerprint density at radius 2 is 1.46 bits per heavy atom. The van der Waals surface area contributed by atoms with E-state index in [1.807, 2.05) is 32.2 Å². The predicted octanol–water partition coefficient (Wildman–Crippen LogP) is 7.46. The molecule has 0 amide bonds. The van der Waals surface area contributed by atoms with Crippen molar-refractivity contribution in [1.82, 2.24) is 4.42 Å². The van der Waals surface area contributed by atoms with Crippen molar-refractivity contribution in [2.75, 3.05) is 7.05 Å². The Kier molecular flexibility index (Phi) is 12.7. The van der Waals surface area contributed by atoms with Crippen molar-refractivity contribution < 1.29 is 4.79 Å². The lowest BCUT2D eigenvalue weighted by molar-refractivity contribution is 0.0978. The van der Waals surface area contributed by atoms with Gasteiger partial charge >= 0.3 is 0 Å². The standard InChI is InChI=1S/C23H38ClNO/c1-4-5-6-7-8-9-10-11-12-13-14-18-23(26)22-17-15-16-21(20(22)2)19-25(3)24/h15-17H,4-14,18-19H2,1-3H3. The molecule has 0 aromatic heterocycles. The third-order valence-electron chi connectivity index (χ3n) is 5.14. The maximum atomic E-state index is 12.5. The third kappa shape index (κ3) is 9.73. The van der Waals surface area contributed by atoms with Gasteiger partial charge in [0.1, 0.15) is 0 Å². The number of carbonyl (C=O) groups is 1. The number of rotatable bonds is 15. The van der Waals surface area contributed by atoms with Crippen molar-refractivity contribution in [1.29, 1.82) is 0 Å². The molecule has 0 spiro atoms. The summed E-state index contributed by atoms with van der Waals surface area (Å²) >= 11 is 5.95. The Labute approximate surface area is 166 Å². The van der Waals surface area contributed by atoms with Gasteiger partial charge in [-0.2, -0.15) is 0 Å². The van der Waals surface area contributed by atoms with Crippen LogP contribution >= 0.6 is 11.8 Å². The van der Waals surface area contributed by atoms with Gasteiger partial charge in [-0.15, -0.1) is 0 Å². The maximum Gasteiger partial charge on any atom is 0.163 e. The zero-order chi connectivity index (χ0) is 19.2. The van der Waals surface area contributed by atoms with Crippen LogP contribution in [-0.2, 0) is 6.54 Å². The molecule has 0 atom stereocenters. The molecule has 0 bridgehead atoms. The highest BCUT2D eigenvalue weighted by molar-refractivity contribution is 6.13. The van der Waals surface area contributed by atoms with Crippen LogP contribution in [0.15, 0.2) is 18.2 Å². The molecule has 1 aromatic carbocycles. The molecule has 26 heavy (non-hydrogen) atoms. The minimum atomic E-state index is 0.275. The van der Waals surface area contributed by atoms with Crippen LogP contribution < -0.4 is 0 Å². The van der Waals surface area contributed by atoms with Gasteiger partial charge in [-0.25, -0.2) is 4.42 Å². The monoisotopic (exact) mass is 379 g/mol. The van der Waals surface area contributed by atoms with Crippen LogP contribution in [-0.4, -0.2) is 17.2 Å². The van der Waals surface area contributed by atoms with Crippen LogP contribution in [0.2, 0.25) is 0 Å². The molecule has 0 heterocycles. The van der Waals surface area contributed by atoms with E-state index in [1.165, 1.54) is 64.2 Å². The Hall–Kier alpha value is -0.860. The van der Waals surface area contributed by atoms with Gasteiger partial charge in [-0.1, -0.05) is 89.3 Å². The molecule has 0 unspecified atom stereocenters. The number of nitrogens with zero attached hydrogens (tertiary/aromatic N) is 1. The molecule has 1 rings (SSSR count). The molecule has 0 radical (unpaired) electrons. The molecule has 0 fully saturated rings. The van der Waals surface area contributed by atoms with Crippen molar-refractivity contribution in [2.45, 2.75) is 97.4 Å². The van der Waals surface area contributed by atoms with Gasteiger partial charge in [-0.3, -0.25) is 4.79 Å². The van der Waals surface area contributed by atoms with Gasteiger partial charge in [0.15, 0.2) is 5.78 Å². The first kappa shape index (κ1) is 23.2. The average molecular weight is 380 g/mol. The predicted molar refractivity (Wildman–Crippen MR) is 114 cm³/mol. The highest BCUT2D eigenvalue weighted by atomic mass is 35.5. The van der Waals surface area contributed by atoms with Crippen LogP contribution in [0.1, 0.15) is 105 Å². The van der Waals surface area contributed by atoms with Crippen molar-refractivity contribution >= 4 is 17.6 Å². The first-order valence-electron chi connectivity index (χ1n) is 10.5. The van der Waals surface area contributed by atoms with Gasteiger partial charge in [-0.05, 0) is 36.2 Å². The summed E-state index contributed by atoms with van der Waals surface area (Å²) in [6.45, 7) is 4.96. The van der Waals surface area contributed by atoms with Crippen LogP contribution in [0.5, 0.6) is 0 Å². The molecular formula is C23H38ClNO. The summed E-state index contributed by atoms with van der Waals surface area (Å²) < 4.78 is 1.63. The molecule has 3 heteroatoms. The smallest absolute Gasteiger partial charge is 0.163 e. The largest absolute Gasteiger partial charge is 0.294 e. The fourth-order valence-electron chi connectivity index (χ4n) is 3.48. The second-order valence-electron chi connectivity index (χ2n) is 7.56. The lowest BCUT2D eigenvalue weighted by atomic mass is 9.96. The Morgan fingerprint density at radius 1 is 0.923 bits per heavy atom. The number of hydrogen-bond donors (Lipinski definition) is 0. The number of benzene rings is 1. The Balaban J connectivity index is 2.17. The second-order valence-corrected chi connectivity index (χ2v) is 8.14. The summed E-state index contributed by atoms with van der Waals surface area (Å²) in [5, 5.41) is 0. The fraction of sp³-hybridized carbons (Fsp3) is 0.696. The summed E-state index contributed by atoms with van der Waals surface area (Å²) in [4.78, 5) is 12.5. The van der Waals surface area contributed by atoms with Crippen LogP contribution in [0.3, 0.4) is 0 Å². The van der Waals surface area contributed by atoms with E-state index in [0.717, 1.165) is 23.1 Å². The van der Waals surface area contributed by atoms with Gasteiger partial charge in [0, 0.05) is 25.6 Å². The maximum absolute atomic E-state index is 12.5. The van der Waals surface area contributed by atoms with E-state index in [2.05, 4.69) is 6.92 Å². The normalized spacial score (nSPS) is 11.3. The van der Waals surface area contributed by atoms with Gasteiger partial charge in [0.05, 0.1) is 0 Å². The topological polar surface area (TPSA) is 20.3 Å². The summed E-state index contributed by atoms with van der Waals surface area (Å²) in [6, 6.07) is 5.97. The van der Waals surface area contributed by atoms with E-state index in [0.29, 0.717) is 13.0 Å². The molecule has 0 N–H and O–H groups in total. The number of ketones is 1. The number of halogens is 1. The van der Waals surface area contributed by atoms with E-state index in [9.17, 15) is 4.79 Å². The molecule has 1 aromatic rings. The van der Waals surface area contributed by atoms with Crippen molar-refractivity contribution in [2.24, 2.45) is 0 Å². The van der Waals surface area contributed by atoms with Gasteiger partial charge in [0.2, 0.25) is 0 Å². The van der Waals surface area contributed by atoms with Crippen molar-refractivity contribution in [3.8, 4) is 0 Å². The molecular weight excluding hydrogens is 342 g/mol. The highest BCUT2D eigenvalue weighted by Gasteiger charge is 2.12. The second kappa shape index (κ2) is 14.2. The number of unbranched alkanes of at least 4 members (excludes halogenated alkanes) is 10. The summed E-state index contributed by atoms with van der Waals surface area (Å²) in [7, 11) is 1.83.